The number of carbonyl (C=O) groups excluding carboxylic acids is 1. The maximum absolute atomic E-state index is 12.3. The molecule has 0 saturated heterocycles. The summed E-state index contributed by atoms with van der Waals surface area (Å²) in [5.41, 5.74) is -0.174. The first kappa shape index (κ1) is 18.3. The van der Waals surface area contributed by atoms with Gasteiger partial charge in [-0.2, -0.15) is 8.42 Å². The van der Waals surface area contributed by atoms with Crippen molar-refractivity contribution in [1.29, 1.82) is 0 Å². The summed E-state index contributed by atoms with van der Waals surface area (Å²) in [6, 6.07) is 11.5. The fourth-order valence-corrected chi connectivity index (χ4v) is 3.00. The van der Waals surface area contributed by atoms with Crippen molar-refractivity contribution in [3.63, 3.8) is 0 Å². The average molecular weight is 388 g/mol. The molecule has 3 aromatic carbocycles. The normalized spacial score (nSPS) is 11.3. The minimum absolute atomic E-state index is 0.0328. The molecule has 10 heteroatoms. The number of hydrogen-bond donors (Lipinski definition) is 3. The zero-order valence-electron chi connectivity index (χ0n) is 13.5. The van der Waals surface area contributed by atoms with Gasteiger partial charge in [0.25, 0.3) is 21.7 Å². The summed E-state index contributed by atoms with van der Waals surface area (Å²) in [6.45, 7) is 0. The molecule has 1 amide bonds. The second kappa shape index (κ2) is 6.67. The topological polar surface area (TPSA) is 147 Å². The summed E-state index contributed by atoms with van der Waals surface area (Å²) in [4.78, 5) is 22.2. The molecule has 0 unspecified atom stereocenters. The Balaban J connectivity index is 1.95. The van der Waals surface area contributed by atoms with Crippen LogP contribution < -0.4 is 5.32 Å². The van der Waals surface area contributed by atoms with E-state index in [0.717, 1.165) is 6.07 Å². The molecule has 0 aliphatic carbocycles. The van der Waals surface area contributed by atoms with E-state index in [0.29, 0.717) is 10.8 Å². The maximum atomic E-state index is 12.3. The monoisotopic (exact) mass is 388 g/mol. The van der Waals surface area contributed by atoms with Gasteiger partial charge in [0.05, 0.1) is 15.5 Å². The third-order valence-corrected chi connectivity index (χ3v) is 4.64. The van der Waals surface area contributed by atoms with Crippen molar-refractivity contribution >= 4 is 38.2 Å². The molecule has 0 saturated carbocycles. The Hall–Kier alpha value is -3.50. The van der Waals surface area contributed by atoms with Crippen LogP contribution in [0.2, 0.25) is 0 Å². The van der Waals surface area contributed by atoms with Crippen molar-refractivity contribution in [1.82, 2.24) is 0 Å². The van der Waals surface area contributed by atoms with E-state index < -0.39 is 20.9 Å². The molecule has 0 aromatic heterocycles. The molecule has 0 bridgehead atoms. The first-order valence-electron chi connectivity index (χ1n) is 7.45. The van der Waals surface area contributed by atoms with E-state index in [-0.39, 0.29) is 27.6 Å². The Kier molecular flexibility index (Phi) is 4.52. The molecular formula is C17H12N2O7S. The molecule has 3 aromatic rings. The molecule has 27 heavy (non-hydrogen) atoms. The second-order valence-electron chi connectivity index (χ2n) is 5.61. The third kappa shape index (κ3) is 3.86. The predicted molar refractivity (Wildman–Crippen MR) is 96.5 cm³/mol. The molecule has 0 radical (unpaired) electrons. The number of non-ortho nitro benzene ring substituents is 1. The van der Waals surface area contributed by atoms with E-state index in [1.54, 1.807) is 0 Å². The summed E-state index contributed by atoms with van der Waals surface area (Å²) in [7, 11) is -4.39. The number of carbonyl (C=O) groups is 1. The molecule has 0 aliphatic heterocycles. The van der Waals surface area contributed by atoms with Gasteiger partial charge in [-0.05, 0) is 41.1 Å². The number of nitrogens with zero attached hydrogens (tertiary/aromatic N) is 1. The van der Waals surface area contributed by atoms with Gasteiger partial charge < -0.3 is 10.4 Å². The van der Waals surface area contributed by atoms with Crippen LogP contribution in [0, 0.1) is 10.1 Å². The summed E-state index contributed by atoms with van der Waals surface area (Å²) in [5.74, 6) is -1.00. The van der Waals surface area contributed by atoms with Gasteiger partial charge >= 0.3 is 0 Å². The van der Waals surface area contributed by atoms with E-state index in [1.807, 2.05) is 0 Å². The fourth-order valence-electron chi connectivity index (χ4n) is 2.48. The van der Waals surface area contributed by atoms with E-state index >= 15 is 0 Å². The largest absolute Gasteiger partial charge is 0.506 e. The second-order valence-corrected chi connectivity index (χ2v) is 7.04. The van der Waals surface area contributed by atoms with Crippen molar-refractivity contribution in [2.45, 2.75) is 4.90 Å². The molecule has 0 spiro atoms. The molecule has 0 aliphatic rings. The Labute approximate surface area is 152 Å². The molecule has 3 rings (SSSR count). The van der Waals surface area contributed by atoms with Gasteiger partial charge in [-0.1, -0.05) is 12.1 Å². The Bertz CT molecular complexity index is 1190. The van der Waals surface area contributed by atoms with Gasteiger partial charge in [-0.3, -0.25) is 19.5 Å². The van der Waals surface area contributed by atoms with E-state index in [4.69, 9.17) is 4.55 Å². The SMILES string of the molecule is O=C(Nc1cc2ccc(S(=O)(=O)O)cc2cc1O)c1cccc([N+](=O)[O-])c1. The lowest BCUT2D eigenvalue weighted by Gasteiger charge is -2.10. The number of benzene rings is 3. The van der Waals surface area contributed by atoms with Crippen molar-refractivity contribution < 1.29 is 27.8 Å². The van der Waals surface area contributed by atoms with Crippen molar-refractivity contribution in [2.75, 3.05) is 5.32 Å². The van der Waals surface area contributed by atoms with Crippen LogP contribution in [-0.4, -0.2) is 28.9 Å². The maximum Gasteiger partial charge on any atom is 0.294 e. The number of fused-ring (bicyclic) bond motifs is 1. The smallest absolute Gasteiger partial charge is 0.294 e. The fraction of sp³-hybridized carbons (Fsp3) is 0. The van der Waals surface area contributed by atoms with Crippen LogP contribution in [0.5, 0.6) is 5.75 Å². The molecule has 0 atom stereocenters. The average Bonchev–Trinajstić information content (AvgIpc) is 2.61. The first-order valence-corrected chi connectivity index (χ1v) is 8.89. The zero-order valence-corrected chi connectivity index (χ0v) is 14.3. The highest BCUT2D eigenvalue weighted by atomic mass is 32.2. The van der Waals surface area contributed by atoms with Gasteiger partial charge in [0.15, 0.2) is 0 Å². The zero-order chi connectivity index (χ0) is 19.8. The summed E-state index contributed by atoms with van der Waals surface area (Å²) < 4.78 is 31.5. The number of phenols is 1. The molecule has 0 heterocycles. The van der Waals surface area contributed by atoms with Crippen molar-refractivity contribution in [3.8, 4) is 5.75 Å². The summed E-state index contributed by atoms with van der Waals surface area (Å²) >= 11 is 0. The number of aromatic hydroxyl groups is 1. The number of nitro groups is 1. The van der Waals surface area contributed by atoms with Crippen LogP contribution in [0.15, 0.2) is 59.5 Å². The quantitative estimate of drug-likeness (QED) is 0.269. The number of nitrogens with one attached hydrogen (secondary N) is 1. The van der Waals surface area contributed by atoms with Crippen molar-refractivity contribution in [2.24, 2.45) is 0 Å². The lowest BCUT2D eigenvalue weighted by molar-refractivity contribution is -0.384. The van der Waals surface area contributed by atoms with E-state index in [2.05, 4.69) is 5.32 Å². The predicted octanol–water partition coefficient (Wildman–Crippen LogP) is 2.95. The van der Waals surface area contributed by atoms with Crippen LogP contribution in [0.4, 0.5) is 11.4 Å². The van der Waals surface area contributed by atoms with Crippen LogP contribution in [-0.2, 0) is 10.1 Å². The number of amides is 1. The Morgan fingerprint density at radius 2 is 1.78 bits per heavy atom. The van der Waals surface area contributed by atoms with Crippen molar-refractivity contribution in [3.05, 3.63) is 70.3 Å². The number of phenolic OH excluding ortho intramolecular Hbond substituents is 1. The van der Waals surface area contributed by atoms with Gasteiger partial charge in [0, 0.05) is 17.7 Å². The minimum Gasteiger partial charge on any atom is -0.506 e. The minimum atomic E-state index is -4.39. The van der Waals surface area contributed by atoms with Crippen LogP contribution in [0.1, 0.15) is 10.4 Å². The number of anilines is 1. The standard InChI is InChI=1S/C17H12N2O7S/c20-16-9-12-7-14(27(24,25)26)5-4-10(12)8-15(16)18-17(21)11-2-1-3-13(6-11)19(22)23/h1-9,20H,(H,18,21)(H,24,25,26). The molecule has 9 nitrogen and oxygen atoms in total. The van der Waals surface area contributed by atoms with E-state index in [9.17, 15) is 28.4 Å². The van der Waals surface area contributed by atoms with E-state index in [1.165, 1.54) is 48.5 Å². The molecule has 138 valence electrons. The van der Waals surface area contributed by atoms with Gasteiger partial charge in [-0.15, -0.1) is 0 Å². The van der Waals surface area contributed by atoms with Gasteiger partial charge in [0.1, 0.15) is 5.75 Å². The highest BCUT2D eigenvalue weighted by Crippen LogP contribution is 2.31. The van der Waals surface area contributed by atoms with Gasteiger partial charge in [0.2, 0.25) is 0 Å². The molecular weight excluding hydrogens is 376 g/mol. The number of hydrogen-bond acceptors (Lipinski definition) is 6. The lowest BCUT2D eigenvalue weighted by atomic mass is 10.1. The highest BCUT2D eigenvalue weighted by molar-refractivity contribution is 7.85. The van der Waals surface area contributed by atoms with Crippen LogP contribution in [0.25, 0.3) is 10.8 Å². The first-order chi connectivity index (χ1) is 12.6. The summed E-state index contributed by atoms with van der Waals surface area (Å²) in [6.07, 6.45) is 0. The third-order valence-electron chi connectivity index (χ3n) is 3.79. The van der Waals surface area contributed by atoms with Gasteiger partial charge in [-0.25, -0.2) is 0 Å². The molecule has 3 N–H and O–H groups in total. The lowest BCUT2D eigenvalue weighted by Crippen LogP contribution is -2.12. The number of rotatable bonds is 4. The number of nitro benzene ring substituents is 1. The van der Waals surface area contributed by atoms with Crippen LogP contribution in [0.3, 0.4) is 0 Å². The highest BCUT2D eigenvalue weighted by Gasteiger charge is 2.15. The summed E-state index contributed by atoms with van der Waals surface area (Å²) in [5, 5.41) is 24.2. The molecule has 0 fully saturated rings. The van der Waals surface area contributed by atoms with Crippen LogP contribution >= 0.6 is 0 Å². The Morgan fingerprint density at radius 1 is 1.04 bits per heavy atom. The Morgan fingerprint density at radius 3 is 2.44 bits per heavy atom.